The van der Waals surface area contributed by atoms with Crippen LogP contribution in [0.5, 0.6) is 0 Å². The van der Waals surface area contributed by atoms with Gasteiger partial charge < -0.3 is 0 Å². The number of benzene rings is 2. The second-order valence-corrected chi connectivity index (χ2v) is 6.11. The number of hydrogen-bond acceptors (Lipinski definition) is 1. The summed E-state index contributed by atoms with van der Waals surface area (Å²) < 4.78 is 40.0. The van der Waals surface area contributed by atoms with Gasteiger partial charge in [0, 0.05) is 10.9 Å². The number of pyridine rings is 1. The van der Waals surface area contributed by atoms with Crippen LogP contribution in [0.15, 0.2) is 48.5 Å². The van der Waals surface area contributed by atoms with Gasteiger partial charge in [0.1, 0.15) is 0 Å². The number of aryl methyl sites for hydroxylation is 1. The van der Waals surface area contributed by atoms with Gasteiger partial charge >= 0.3 is 6.18 Å². The first-order valence-electron chi connectivity index (χ1n) is 6.60. The van der Waals surface area contributed by atoms with Gasteiger partial charge in [0.05, 0.1) is 9.09 Å². The molecule has 0 fully saturated rings. The topological polar surface area (TPSA) is 12.9 Å². The van der Waals surface area contributed by atoms with Gasteiger partial charge in [-0.25, -0.2) is 4.98 Å². The predicted octanol–water partition coefficient (Wildman–Crippen LogP) is 5.83. The van der Waals surface area contributed by atoms with Crippen LogP contribution < -0.4 is 0 Å². The lowest BCUT2D eigenvalue weighted by Crippen LogP contribution is -2.12. The van der Waals surface area contributed by atoms with E-state index < -0.39 is 11.9 Å². The van der Waals surface area contributed by atoms with E-state index in [4.69, 9.17) is 0 Å². The third kappa shape index (κ3) is 2.69. The maximum atomic E-state index is 13.3. The van der Waals surface area contributed by atoms with Gasteiger partial charge in [0.2, 0.25) is 0 Å². The van der Waals surface area contributed by atoms with Crippen molar-refractivity contribution in [3.63, 3.8) is 0 Å². The summed E-state index contributed by atoms with van der Waals surface area (Å²) in [5.41, 5.74) is 1.86. The third-order valence-electron chi connectivity index (χ3n) is 3.41. The number of nitrogens with zero attached hydrogens (tertiary/aromatic N) is 1. The zero-order valence-electron chi connectivity index (χ0n) is 11.6. The molecule has 1 heterocycles. The average molecular weight is 413 g/mol. The minimum absolute atomic E-state index is 0.134. The molecule has 1 nitrogen and oxygen atoms in total. The molecule has 0 aliphatic rings. The first-order valence-corrected chi connectivity index (χ1v) is 7.68. The molecule has 0 radical (unpaired) electrons. The number of halogens is 4. The predicted molar refractivity (Wildman–Crippen MR) is 89.6 cm³/mol. The van der Waals surface area contributed by atoms with E-state index in [0.717, 1.165) is 16.5 Å². The molecule has 0 bridgehead atoms. The average Bonchev–Trinajstić information content (AvgIpc) is 2.46. The van der Waals surface area contributed by atoms with Crippen molar-refractivity contribution in [2.24, 2.45) is 0 Å². The fraction of sp³-hybridized carbons (Fsp3) is 0.118. The Kier molecular flexibility index (Phi) is 3.84. The largest absolute Gasteiger partial charge is 0.434 e. The Bertz CT molecular complexity index is 842. The van der Waals surface area contributed by atoms with Gasteiger partial charge in [-0.1, -0.05) is 42.0 Å². The first kappa shape index (κ1) is 15.3. The van der Waals surface area contributed by atoms with E-state index in [0.29, 0.717) is 11.1 Å². The van der Waals surface area contributed by atoms with E-state index >= 15 is 0 Å². The molecule has 0 amide bonds. The number of rotatable bonds is 1. The van der Waals surface area contributed by atoms with E-state index in [2.05, 4.69) is 4.98 Å². The van der Waals surface area contributed by atoms with Crippen LogP contribution in [0.3, 0.4) is 0 Å². The normalized spacial score (nSPS) is 11.9. The minimum Gasteiger partial charge on any atom is -0.242 e. The molecule has 3 rings (SSSR count). The molecule has 5 heteroatoms. The van der Waals surface area contributed by atoms with Gasteiger partial charge in [-0.3, -0.25) is 0 Å². The first-order chi connectivity index (χ1) is 10.4. The van der Waals surface area contributed by atoms with Gasteiger partial charge in [0.25, 0.3) is 0 Å². The second-order valence-electron chi connectivity index (χ2n) is 5.03. The molecule has 0 spiro atoms. The van der Waals surface area contributed by atoms with E-state index in [-0.39, 0.29) is 3.57 Å². The van der Waals surface area contributed by atoms with Crippen molar-refractivity contribution in [2.45, 2.75) is 13.1 Å². The van der Waals surface area contributed by atoms with Crippen molar-refractivity contribution >= 4 is 33.5 Å². The number of aromatic nitrogens is 1. The summed E-state index contributed by atoms with van der Waals surface area (Å²) in [6.07, 6.45) is -4.47. The molecule has 3 aromatic rings. The smallest absolute Gasteiger partial charge is 0.242 e. The zero-order chi connectivity index (χ0) is 15.9. The van der Waals surface area contributed by atoms with Crippen molar-refractivity contribution in [2.75, 3.05) is 0 Å². The summed E-state index contributed by atoms with van der Waals surface area (Å²) in [5.74, 6) is 0. The molecule has 0 aliphatic carbocycles. The SMILES string of the molecule is Cc1ccc2nc(C(F)(F)F)c(I)c(-c3ccccc3)c2c1. The van der Waals surface area contributed by atoms with Crippen molar-refractivity contribution < 1.29 is 13.2 Å². The van der Waals surface area contributed by atoms with Crippen LogP contribution in [0.1, 0.15) is 11.3 Å². The lowest BCUT2D eigenvalue weighted by molar-refractivity contribution is -0.141. The maximum absolute atomic E-state index is 13.3. The highest BCUT2D eigenvalue weighted by Gasteiger charge is 2.36. The quantitative estimate of drug-likeness (QED) is 0.458. The molecular formula is C17H11F3IN. The molecule has 22 heavy (non-hydrogen) atoms. The van der Waals surface area contributed by atoms with Gasteiger partial charge in [0.15, 0.2) is 5.69 Å². The van der Waals surface area contributed by atoms with Crippen LogP contribution in [-0.2, 0) is 6.18 Å². The Morgan fingerprint density at radius 1 is 1.00 bits per heavy atom. The molecule has 0 aliphatic heterocycles. The monoisotopic (exact) mass is 413 g/mol. The highest BCUT2D eigenvalue weighted by atomic mass is 127. The van der Waals surface area contributed by atoms with E-state index in [9.17, 15) is 13.2 Å². The molecule has 0 N–H and O–H groups in total. The highest BCUT2D eigenvalue weighted by molar-refractivity contribution is 14.1. The summed E-state index contributed by atoms with van der Waals surface area (Å²) in [4.78, 5) is 3.84. The standard InChI is InChI=1S/C17H11F3IN/c1-10-7-8-13-12(9-10)14(11-5-3-2-4-6-11)15(21)16(22-13)17(18,19)20/h2-9H,1H3. The van der Waals surface area contributed by atoms with Crippen molar-refractivity contribution in [3.05, 3.63) is 63.4 Å². The molecule has 112 valence electrons. The van der Waals surface area contributed by atoms with E-state index in [1.54, 1.807) is 34.7 Å². The van der Waals surface area contributed by atoms with E-state index in [1.165, 1.54) is 0 Å². The summed E-state index contributed by atoms with van der Waals surface area (Å²) in [7, 11) is 0. The minimum atomic E-state index is -4.47. The number of hydrogen-bond donors (Lipinski definition) is 0. The van der Waals surface area contributed by atoms with Crippen molar-refractivity contribution in [3.8, 4) is 11.1 Å². The second kappa shape index (κ2) is 5.53. The van der Waals surface area contributed by atoms with Crippen LogP contribution in [0.25, 0.3) is 22.0 Å². The lowest BCUT2D eigenvalue weighted by Gasteiger charge is -2.15. The lowest BCUT2D eigenvalue weighted by atomic mass is 9.99. The summed E-state index contributed by atoms with van der Waals surface area (Å²) in [6, 6.07) is 14.4. The van der Waals surface area contributed by atoms with Crippen LogP contribution in [0, 0.1) is 10.5 Å². The van der Waals surface area contributed by atoms with Crippen molar-refractivity contribution in [1.29, 1.82) is 0 Å². The van der Waals surface area contributed by atoms with Crippen molar-refractivity contribution in [1.82, 2.24) is 4.98 Å². The molecule has 0 unspecified atom stereocenters. The number of alkyl halides is 3. The summed E-state index contributed by atoms with van der Waals surface area (Å²) in [5, 5.41) is 0.739. The Morgan fingerprint density at radius 2 is 1.68 bits per heavy atom. The fourth-order valence-electron chi connectivity index (χ4n) is 2.43. The molecule has 2 aromatic carbocycles. The highest BCUT2D eigenvalue weighted by Crippen LogP contribution is 2.40. The maximum Gasteiger partial charge on any atom is 0.434 e. The summed E-state index contributed by atoms with van der Waals surface area (Å²) >= 11 is 1.75. The van der Waals surface area contributed by atoms with Gasteiger partial charge in [-0.2, -0.15) is 13.2 Å². The Morgan fingerprint density at radius 3 is 2.32 bits per heavy atom. The Labute approximate surface area is 139 Å². The van der Waals surface area contributed by atoms with E-state index in [1.807, 2.05) is 43.3 Å². The molecular weight excluding hydrogens is 402 g/mol. The Balaban J connectivity index is 2.46. The van der Waals surface area contributed by atoms with Crippen LogP contribution in [-0.4, -0.2) is 4.98 Å². The van der Waals surface area contributed by atoms with Gasteiger partial charge in [-0.05, 0) is 47.2 Å². The molecule has 0 atom stereocenters. The molecule has 1 aromatic heterocycles. The molecule has 0 saturated heterocycles. The van der Waals surface area contributed by atoms with Crippen LogP contribution in [0.2, 0.25) is 0 Å². The van der Waals surface area contributed by atoms with Crippen LogP contribution >= 0.6 is 22.6 Å². The van der Waals surface area contributed by atoms with Crippen LogP contribution in [0.4, 0.5) is 13.2 Å². The Hall–Kier alpha value is -1.63. The van der Waals surface area contributed by atoms with Gasteiger partial charge in [-0.15, -0.1) is 0 Å². The zero-order valence-corrected chi connectivity index (χ0v) is 13.7. The summed E-state index contributed by atoms with van der Waals surface area (Å²) in [6.45, 7) is 1.92. The molecule has 0 saturated carbocycles. The third-order valence-corrected chi connectivity index (χ3v) is 4.46. The fourth-order valence-corrected chi connectivity index (χ4v) is 3.46. The number of fused-ring (bicyclic) bond motifs is 1.